The number of amides is 4. The number of nitrogens with one attached hydrogen (secondary N) is 3. The van der Waals surface area contributed by atoms with E-state index < -0.39 is 66.2 Å². The smallest absolute Gasteiger partial charge is 0.326 e. The number of guanidine groups is 1. The second-order valence-corrected chi connectivity index (χ2v) is 9.20. The van der Waals surface area contributed by atoms with Crippen LogP contribution in [0.5, 0.6) is 0 Å². The van der Waals surface area contributed by atoms with Gasteiger partial charge in [0.15, 0.2) is 5.96 Å². The van der Waals surface area contributed by atoms with Crippen molar-refractivity contribution in [2.75, 3.05) is 6.54 Å². The van der Waals surface area contributed by atoms with Crippen LogP contribution in [0.2, 0.25) is 0 Å². The summed E-state index contributed by atoms with van der Waals surface area (Å²) in [5, 5.41) is 25.8. The highest BCUT2D eigenvalue weighted by molar-refractivity contribution is 5.94. The molecule has 4 amide bonds. The van der Waals surface area contributed by atoms with Crippen LogP contribution in [-0.4, -0.2) is 82.5 Å². The van der Waals surface area contributed by atoms with E-state index in [4.69, 9.17) is 28.0 Å². The van der Waals surface area contributed by atoms with E-state index in [1.165, 1.54) is 0 Å². The van der Waals surface area contributed by atoms with Crippen LogP contribution in [0, 0.1) is 0 Å². The summed E-state index contributed by atoms with van der Waals surface area (Å²) in [5.74, 6) is -6.09. The molecular weight excluding hydrogens is 540 g/mol. The van der Waals surface area contributed by atoms with Gasteiger partial charge in [0.05, 0.1) is 6.04 Å². The van der Waals surface area contributed by atoms with Crippen molar-refractivity contribution < 1.29 is 39.0 Å². The molecule has 0 heterocycles. The molecule has 0 aliphatic carbocycles. The predicted octanol–water partition coefficient (Wildman–Crippen LogP) is -2.72. The first kappa shape index (κ1) is 34.3. The molecule has 16 nitrogen and oxygen atoms in total. The van der Waals surface area contributed by atoms with Crippen molar-refractivity contribution in [2.24, 2.45) is 27.9 Å². The first-order valence-corrected chi connectivity index (χ1v) is 12.8. The summed E-state index contributed by atoms with van der Waals surface area (Å²) in [6.45, 7) is 0.219. The molecule has 0 aliphatic heterocycles. The summed E-state index contributed by atoms with van der Waals surface area (Å²) < 4.78 is 0. The number of carbonyl (C=O) groups is 6. The average molecular weight is 579 g/mol. The van der Waals surface area contributed by atoms with Gasteiger partial charge in [-0.3, -0.25) is 29.0 Å². The number of hydrogen-bond donors (Lipinski definition) is 9. The fourth-order valence-corrected chi connectivity index (χ4v) is 3.62. The van der Waals surface area contributed by atoms with Crippen LogP contribution in [0.4, 0.5) is 0 Å². The zero-order chi connectivity index (χ0) is 30.9. The fraction of sp³-hybridized carbons (Fsp3) is 0.480. The normalized spacial score (nSPS) is 13.5. The van der Waals surface area contributed by atoms with E-state index in [0.717, 1.165) is 0 Å². The van der Waals surface area contributed by atoms with Crippen molar-refractivity contribution in [3.63, 3.8) is 0 Å². The number of nitrogens with two attached hydrogens (primary N) is 4. The molecule has 0 saturated carbocycles. The minimum atomic E-state index is -1.47. The van der Waals surface area contributed by atoms with Gasteiger partial charge in [0.25, 0.3) is 0 Å². The number of rotatable bonds is 19. The average Bonchev–Trinajstić information content (AvgIpc) is 2.90. The Morgan fingerprint density at radius 1 is 0.756 bits per heavy atom. The quantitative estimate of drug-likeness (QED) is 0.0461. The number of carboxylic acid groups (broad SMARTS) is 2. The SMILES string of the molecule is NC(=O)CCC(NC(=O)C(N)CCCN=C(N)N)C(=O)NC(CCC(=O)O)C(=O)NC(Cc1ccccc1)C(=O)O. The number of carbonyl (C=O) groups excluding carboxylic acids is 4. The summed E-state index contributed by atoms with van der Waals surface area (Å²) in [5.41, 5.74) is 22.2. The number of hydrogen-bond acceptors (Lipinski definition) is 8. The topological polar surface area (TPSA) is 295 Å². The Morgan fingerprint density at radius 3 is 1.80 bits per heavy atom. The van der Waals surface area contributed by atoms with Gasteiger partial charge >= 0.3 is 11.9 Å². The highest BCUT2D eigenvalue weighted by Gasteiger charge is 2.31. The molecule has 13 N–H and O–H groups in total. The molecule has 4 unspecified atom stereocenters. The maximum Gasteiger partial charge on any atom is 0.326 e. The van der Waals surface area contributed by atoms with Crippen LogP contribution in [0.15, 0.2) is 35.3 Å². The molecule has 1 aromatic carbocycles. The number of primary amides is 1. The van der Waals surface area contributed by atoms with E-state index in [1.54, 1.807) is 30.3 Å². The van der Waals surface area contributed by atoms with Crippen molar-refractivity contribution in [2.45, 2.75) is 69.1 Å². The van der Waals surface area contributed by atoms with Crippen molar-refractivity contribution in [3.8, 4) is 0 Å². The Balaban J connectivity index is 3.01. The summed E-state index contributed by atoms with van der Waals surface area (Å²) in [4.78, 5) is 76.9. The van der Waals surface area contributed by atoms with Crippen molar-refractivity contribution in [3.05, 3.63) is 35.9 Å². The lowest BCUT2D eigenvalue weighted by molar-refractivity contribution is -0.143. The van der Waals surface area contributed by atoms with Crippen LogP contribution < -0.4 is 38.9 Å². The van der Waals surface area contributed by atoms with E-state index in [2.05, 4.69) is 20.9 Å². The zero-order valence-corrected chi connectivity index (χ0v) is 22.5. The van der Waals surface area contributed by atoms with Crippen LogP contribution in [0.3, 0.4) is 0 Å². The van der Waals surface area contributed by atoms with Crippen molar-refractivity contribution in [1.82, 2.24) is 16.0 Å². The molecule has 41 heavy (non-hydrogen) atoms. The van der Waals surface area contributed by atoms with E-state index in [1.807, 2.05) is 0 Å². The lowest BCUT2D eigenvalue weighted by atomic mass is 10.0. The Kier molecular flexibility index (Phi) is 14.9. The van der Waals surface area contributed by atoms with Gasteiger partial charge in [0, 0.05) is 25.8 Å². The van der Waals surface area contributed by atoms with E-state index in [0.29, 0.717) is 12.0 Å². The van der Waals surface area contributed by atoms with Gasteiger partial charge in [-0.25, -0.2) is 4.79 Å². The predicted molar refractivity (Wildman–Crippen MR) is 147 cm³/mol. The van der Waals surface area contributed by atoms with Gasteiger partial charge < -0.3 is 49.1 Å². The number of aliphatic imine (C=N–C) groups is 1. The number of benzene rings is 1. The van der Waals surface area contributed by atoms with Crippen LogP contribution in [-0.2, 0) is 35.2 Å². The molecule has 4 atom stereocenters. The van der Waals surface area contributed by atoms with Gasteiger partial charge in [0.1, 0.15) is 18.1 Å². The Morgan fingerprint density at radius 2 is 1.29 bits per heavy atom. The minimum absolute atomic E-state index is 0.0696. The Bertz CT molecular complexity index is 1090. The maximum absolute atomic E-state index is 13.1. The van der Waals surface area contributed by atoms with Gasteiger partial charge in [0.2, 0.25) is 23.6 Å². The molecule has 0 aromatic heterocycles. The number of aliphatic carboxylic acids is 2. The van der Waals surface area contributed by atoms with Gasteiger partial charge in [-0.15, -0.1) is 0 Å². The third kappa shape index (κ3) is 14.3. The molecule has 0 aliphatic rings. The summed E-state index contributed by atoms with van der Waals surface area (Å²) in [6, 6.07) is 3.20. The van der Waals surface area contributed by atoms with Crippen LogP contribution >= 0.6 is 0 Å². The van der Waals surface area contributed by atoms with E-state index in [-0.39, 0.29) is 44.6 Å². The molecule has 0 fully saturated rings. The van der Waals surface area contributed by atoms with Crippen LogP contribution in [0.1, 0.15) is 44.1 Å². The summed E-state index contributed by atoms with van der Waals surface area (Å²) >= 11 is 0. The monoisotopic (exact) mass is 578 g/mol. The largest absolute Gasteiger partial charge is 0.481 e. The summed E-state index contributed by atoms with van der Waals surface area (Å²) in [7, 11) is 0. The first-order valence-electron chi connectivity index (χ1n) is 12.8. The maximum atomic E-state index is 13.1. The molecule has 16 heteroatoms. The molecule has 0 bridgehead atoms. The second kappa shape index (κ2) is 17.8. The molecular formula is C25H38N8O8. The van der Waals surface area contributed by atoms with Crippen LogP contribution in [0.25, 0.3) is 0 Å². The fourth-order valence-electron chi connectivity index (χ4n) is 3.62. The van der Waals surface area contributed by atoms with Crippen molar-refractivity contribution in [1.29, 1.82) is 0 Å². The Labute approximate surface area is 236 Å². The zero-order valence-electron chi connectivity index (χ0n) is 22.5. The highest BCUT2D eigenvalue weighted by atomic mass is 16.4. The summed E-state index contributed by atoms with van der Waals surface area (Å²) in [6.07, 6.45) is -1.02. The molecule has 1 aromatic rings. The number of nitrogens with zero attached hydrogens (tertiary/aromatic N) is 1. The molecule has 1 rings (SSSR count). The molecule has 0 radical (unpaired) electrons. The lowest BCUT2D eigenvalue weighted by Crippen LogP contribution is -2.57. The second-order valence-electron chi connectivity index (χ2n) is 9.20. The van der Waals surface area contributed by atoms with Gasteiger partial charge in [-0.05, 0) is 31.2 Å². The lowest BCUT2D eigenvalue weighted by Gasteiger charge is -2.25. The van der Waals surface area contributed by atoms with E-state index >= 15 is 0 Å². The third-order valence-corrected chi connectivity index (χ3v) is 5.79. The van der Waals surface area contributed by atoms with Gasteiger partial charge in [-0.2, -0.15) is 0 Å². The molecule has 226 valence electrons. The molecule has 0 saturated heterocycles. The first-order chi connectivity index (χ1) is 19.3. The standard InChI is InChI=1S/C25H38N8O8/c26-15(7-4-12-30-25(28)29)21(37)31-16(8-10-19(27)34)22(38)32-17(9-11-20(35)36)23(39)33-18(24(40)41)13-14-5-2-1-3-6-14/h1-3,5-6,15-18H,4,7-13,26H2,(H2,27,34)(H,31,37)(H,32,38)(H,33,39)(H,35,36)(H,40,41)(H4,28,29,30). The van der Waals surface area contributed by atoms with E-state index in [9.17, 15) is 33.9 Å². The Hall–Kier alpha value is -4.73. The van der Waals surface area contributed by atoms with Gasteiger partial charge in [-0.1, -0.05) is 30.3 Å². The van der Waals surface area contributed by atoms with Crippen molar-refractivity contribution >= 4 is 41.5 Å². The number of carboxylic acids is 2. The molecule has 0 spiro atoms. The highest BCUT2D eigenvalue weighted by Crippen LogP contribution is 2.07. The minimum Gasteiger partial charge on any atom is -0.481 e. The third-order valence-electron chi connectivity index (χ3n) is 5.79.